The van der Waals surface area contributed by atoms with Crippen LogP contribution in [0.2, 0.25) is 0 Å². The van der Waals surface area contributed by atoms with Gasteiger partial charge in [-0.25, -0.2) is 4.39 Å². The normalized spacial score (nSPS) is 10.2. The minimum atomic E-state index is -0.466. The summed E-state index contributed by atoms with van der Waals surface area (Å²) >= 11 is 0. The number of hydrogen-bond acceptors (Lipinski definition) is 4. The molecular formula is C13H20FN3O2. The number of carbonyl (C=O) groups excluding carboxylic acids is 1. The van der Waals surface area contributed by atoms with Gasteiger partial charge in [0.1, 0.15) is 11.6 Å². The second-order valence-electron chi connectivity index (χ2n) is 4.35. The number of halogens is 1. The second-order valence-corrected chi connectivity index (χ2v) is 4.35. The minimum absolute atomic E-state index is 0.1000. The summed E-state index contributed by atoms with van der Waals surface area (Å²) in [5.74, 6) is -0.170. The summed E-state index contributed by atoms with van der Waals surface area (Å²) in [4.78, 5) is 14.8. The van der Waals surface area contributed by atoms with Crippen molar-refractivity contribution in [3.63, 3.8) is 0 Å². The molecule has 0 radical (unpaired) electrons. The molecule has 0 bridgehead atoms. The summed E-state index contributed by atoms with van der Waals surface area (Å²) in [6.07, 6.45) is 0. The zero-order chi connectivity index (χ0) is 14.6. The van der Waals surface area contributed by atoms with Crippen molar-refractivity contribution in [2.24, 2.45) is 0 Å². The first kappa shape index (κ1) is 15.1. The molecule has 1 rings (SSSR count). The standard InChI is InChI=1S/C13H20FN3O2/c1-5-17(8-13(18)16(2)3)11-7-12(19-4)10(15)6-9(11)14/h6-7H,5,8,15H2,1-4H3. The van der Waals surface area contributed by atoms with Crippen molar-refractivity contribution >= 4 is 17.3 Å². The maximum Gasteiger partial charge on any atom is 0.241 e. The summed E-state index contributed by atoms with van der Waals surface area (Å²) in [6, 6.07) is 2.72. The topological polar surface area (TPSA) is 58.8 Å². The first-order valence-corrected chi connectivity index (χ1v) is 5.98. The molecule has 1 amide bonds. The van der Waals surface area contributed by atoms with Gasteiger partial charge in [0.15, 0.2) is 0 Å². The van der Waals surface area contributed by atoms with Crippen molar-refractivity contribution in [1.29, 1.82) is 0 Å². The Hall–Kier alpha value is -1.98. The van der Waals surface area contributed by atoms with Crippen molar-refractivity contribution in [3.05, 3.63) is 17.9 Å². The number of anilines is 2. The average molecular weight is 269 g/mol. The first-order chi connectivity index (χ1) is 8.90. The number of benzene rings is 1. The van der Waals surface area contributed by atoms with E-state index >= 15 is 0 Å². The molecule has 106 valence electrons. The first-order valence-electron chi connectivity index (χ1n) is 5.98. The molecule has 5 nitrogen and oxygen atoms in total. The molecule has 1 aromatic carbocycles. The van der Waals surface area contributed by atoms with E-state index in [4.69, 9.17) is 10.5 Å². The molecule has 0 fully saturated rings. The number of nitrogens with two attached hydrogens (primary N) is 1. The number of nitrogens with zero attached hydrogens (tertiary/aromatic N) is 2. The Morgan fingerprint density at radius 1 is 1.42 bits per heavy atom. The summed E-state index contributed by atoms with van der Waals surface area (Å²) in [7, 11) is 4.79. The predicted molar refractivity (Wildman–Crippen MR) is 73.9 cm³/mol. The Bertz CT molecular complexity index is 463. The zero-order valence-corrected chi connectivity index (χ0v) is 11.7. The number of nitrogen functional groups attached to an aromatic ring is 1. The van der Waals surface area contributed by atoms with Crippen LogP contribution in [-0.2, 0) is 4.79 Å². The van der Waals surface area contributed by atoms with Crippen LogP contribution in [0.3, 0.4) is 0 Å². The van der Waals surface area contributed by atoms with Gasteiger partial charge in [-0.2, -0.15) is 0 Å². The average Bonchev–Trinajstić information content (AvgIpc) is 2.36. The molecule has 19 heavy (non-hydrogen) atoms. The van der Waals surface area contributed by atoms with Crippen molar-refractivity contribution in [2.45, 2.75) is 6.92 Å². The lowest BCUT2D eigenvalue weighted by Crippen LogP contribution is -2.37. The van der Waals surface area contributed by atoms with Gasteiger partial charge in [-0.05, 0) is 6.92 Å². The Kier molecular flexibility index (Phi) is 4.97. The van der Waals surface area contributed by atoms with Crippen molar-refractivity contribution in [1.82, 2.24) is 4.90 Å². The highest BCUT2D eigenvalue weighted by Gasteiger charge is 2.17. The van der Waals surface area contributed by atoms with E-state index in [2.05, 4.69) is 0 Å². The number of likely N-dealkylation sites (N-methyl/N-ethyl adjacent to an activating group) is 2. The van der Waals surface area contributed by atoms with Gasteiger partial charge in [0.25, 0.3) is 0 Å². The summed E-state index contributed by atoms with van der Waals surface area (Å²) in [6.45, 7) is 2.46. The lowest BCUT2D eigenvalue weighted by molar-refractivity contribution is -0.127. The fourth-order valence-electron chi connectivity index (χ4n) is 1.65. The fourth-order valence-corrected chi connectivity index (χ4v) is 1.65. The van der Waals surface area contributed by atoms with E-state index < -0.39 is 5.82 Å². The number of ether oxygens (including phenoxy) is 1. The van der Waals surface area contributed by atoms with Gasteiger partial charge in [-0.3, -0.25) is 4.79 Å². The van der Waals surface area contributed by atoms with E-state index in [1.54, 1.807) is 19.0 Å². The minimum Gasteiger partial charge on any atom is -0.495 e. The molecule has 0 aliphatic rings. The fraction of sp³-hybridized carbons (Fsp3) is 0.462. The predicted octanol–water partition coefficient (Wildman–Crippen LogP) is 1.33. The van der Waals surface area contributed by atoms with Gasteiger partial charge in [-0.1, -0.05) is 0 Å². The van der Waals surface area contributed by atoms with Crippen molar-refractivity contribution in [3.8, 4) is 5.75 Å². The van der Waals surface area contributed by atoms with Crippen LogP contribution < -0.4 is 15.4 Å². The maximum absolute atomic E-state index is 14.0. The lowest BCUT2D eigenvalue weighted by atomic mass is 10.2. The number of rotatable bonds is 5. The molecule has 1 aromatic rings. The van der Waals surface area contributed by atoms with Crippen LogP contribution in [0.25, 0.3) is 0 Å². The van der Waals surface area contributed by atoms with Crippen molar-refractivity contribution < 1.29 is 13.9 Å². The summed E-state index contributed by atoms with van der Waals surface area (Å²) in [5, 5.41) is 0. The van der Waals surface area contributed by atoms with Gasteiger partial charge in [0.05, 0.1) is 25.0 Å². The number of hydrogen-bond donors (Lipinski definition) is 1. The van der Waals surface area contributed by atoms with Crippen LogP contribution in [0.1, 0.15) is 6.92 Å². The molecule has 0 saturated carbocycles. The summed E-state index contributed by atoms with van der Waals surface area (Å²) < 4.78 is 19.0. The van der Waals surface area contributed by atoms with E-state index in [-0.39, 0.29) is 18.1 Å². The Balaban J connectivity index is 3.07. The van der Waals surface area contributed by atoms with Gasteiger partial charge < -0.3 is 20.3 Å². The molecule has 0 aliphatic carbocycles. The molecule has 0 spiro atoms. The monoisotopic (exact) mass is 269 g/mol. The molecule has 0 aliphatic heterocycles. The van der Waals surface area contributed by atoms with Crippen LogP contribution in [0.15, 0.2) is 12.1 Å². The molecule has 0 unspecified atom stereocenters. The van der Waals surface area contributed by atoms with Crippen LogP contribution in [0, 0.1) is 5.82 Å². The molecule has 0 heterocycles. The third kappa shape index (κ3) is 3.49. The van der Waals surface area contributed by atoms with Crippen molar-refractivity contribution in [2.75, 3.05) is 44.9 Å². The van der Waals surface area contributed by atoms with Crippen LogP contribution in [-0.4, -0.2) is 45.1 Å². The third-order valence-corrected chi connectivity index (χ3v) is 2.85. The number of carbonyl (C=O) groups is 1. The SMILES string of the molecule is CCN(CC(=O)N(C)C)c1cc(OC)c(N)cc1F. The number of amides is 1. The summed E-state index contributed by atoms with van der Waals surface area (Å²) in [5.41, 5.74) is 6.18. The largest absolute Gasteiger partial charge is 0.495 e. The molecule has 2 N–H and O–H groups in total. The van der Waals surface area contributed by atoms with Crippen LogP contribution in [0.5, 0.6) is 5.75 Å². The quantitative estimate of drug-likeness (QED) is 0.819. The smallest absolute Gasteiger partial charge is 0.241 e. The third-order valence-electron chi connectivity index (χ3n) is 2.85. The van der Waals surface area contributed by atoms with E-state index in [0.717, 1.165) is 0 Å². The molecule has 0 aromatic heterocycles. The van der Waals surface area contributed by atoms with E-state index in [9.17, 15) is 9.18 Å². The van der Waals surface area contributed by atoms with Gasteiger partial charge in [0, 0.05) is 32.8 Å². The highest BCUT2D eigenvalue weighted by atomic mass is 19.1. The van der Waals surface area contributed by atoms with Gasteiger partial charge >= 0.3 is 0 Å². The highest BCUT2D eigenvalue weighted by Crippen LogP contribution is 2.30. The Morgan fingerprint density at radius 2 is 2.05 bits per heavy atom. The van der Waals surface area contributed by atoms with Gasteiger partial charge in [-0.15, -0.1) is 0 Å². The maximum atomic E-state index is 14.0. The zero-order valence-electron chi connectivity index (χ0n) is 11.7. The van der Waals surface area contributed by atoms with Crippen LogP contribution in [0.4, 0.5) is 15.8 Å². The van der Waals surface area contributed by atoms with Crippen LogP contribution >= 0.6 is 0 Å². The molecule has 0 atom stereocenters. The molecule has 0 saturated heterocycles. The van der Waals surface area contributed by atoms with E-state index in [1.165, 1.54) is 24.1 Å². The lowest BCUT2D eigenvalue weighted by Gasteiger charge is -2.25. The van der Waals surface area contributed by atoms with Gasteiger partial charge in [0.2, 0.25) is 5.91 Å². The van der Waals surface area contributed by atoms with E-state index in [0.29, 0.717) is 18.0 Å². The molecule has 6 heteroatoms. The molecular weight excluding hydrogens is 249 g/mol. The highest BCUT2D eigenvalue weighted by molar-refractivity contribution is 5.81. The Morgan fingerprint density at radius 3 is 2.53 bits per heavy atom. The Labute approximate surface area is 112 Å². The second kappa shape index (κ2) is 6.26. The number of methoxy groups -OCH3 is 1. The van der Waals surface area contributed by atoms with E-state index in [1.807, 2.05) is 6.92 Å².